The Labute approximate surface area is 215 Å². The summed E-state index contributed by atoms with van der Waals surface area (Å²) in [6, 6.07) is 13.6. The summed E-state index contributed by atoms with van der Waals surface area (Å²) in [5, 5.41) is 2.67. The van der Waals surface area contributed by atoms with E-state index in [4.69, 9.17) is 5.73 Å². The van der Waals surface area contributed by atoms with E-state index in [9.17, 15) is 22.8 Å². The standard InChI is InChI=1S/C27H34F3N5O2/c1-19-9-14-23(26(2,31)24(36)35(19,3)22-7-5-4-6-8-22)33-15-17-34(18-16-33)25(37)32-21-12-10-20(11-13-21)27(28,29)30/h4-8,10-13,19,23H,9,14-18,31H2,1-3H3/p+1. The summed E-state index contributed by atoms with van der Waals surface area (Å²) in [6.07, 6.45) is -2.84. The van der Waals surface area contributed by atoms with E-state index in [0.717, 1.165) is 30.7 Å². The van der Waals surface area contributed by atoms with Crippen LogP contribution < -0.4 is 15.5 Å². The zero-order chi connectivity index (χ0) is 27.0. The molecule has 37 heavy (non-hydrogen) atoms. The monoisotopic (exact) mass is 518 g/mol. The summed E-state index contributed by atoms with van der Waals surface area (Å²) < 4.78 is 38.5. The van der Waals surface area contributed by atoms with Crippen LogP contribution >= 0.6 is 0 Å². The predicted octanol–water partition coefficient (Wildman–Crippen LogP) is 4.29. The molecule has 4 rings (SSSR count). The van der Waals surface area contributed by atoms with E-state index >= 15 is 0 Å². The highest BCUT2D eigenvalue weighted by Gasteiger charge is 2.56. The highest BCUT2D eigenvalue weighted by atomic mass is 19.4. The van der Waals surface area contributed by atoms with Gasteiger partial charge in [-0.1, -0.05) is 18.2 Å². The smallest absolute Gasteiger partial charge is 0.322 e. The Morgan fingerprint density at radius 1 is 1.03 bits per heavy atom. The molecule has 0 saturated carbocycles. The van der Waals surface area contributed by atoms with Crippen molar-refractivity contribution in [2.45, 2.75) is 50.5 Å². The number of nitrogens with two attached hydrogens (primary N) is 1. The highest BCUT2D eigenvalue weighted by Crippen LogP contribution is 2.37. The highest BCUT2D eigenvalue weighted by molar-refractivity contribution is 5.96. The molecule has 0 bridgehead atoms. The first-order chi connectivity index (χ1) is 17.3. The number of halogens is 3. The topological polar surface area (TPSA) is 78.7 Å². The molecule has 7 nitrogen and oxygen atoms in total. The fourth-order valence-corrected chi connectivity index (χ4v) is 5.65. The van der Waals surface area contributed by atoms with Crippen molar-refractivity contribution in [3.63, 3.8) is 0 Å². The van der Waals surface area contributed by atoms with Crippen LogP contribution in [0, 0.1) is 0 Å². The molecule has 2 aromatic carbocycles. The number of nitrogens with one attached hydrogen (secondary N) is 1. The van der Waals surface area contributed by atoms with E-state index in [2.05, 4.69) is 17.1 Å². The van der Waals surface area contributed by atoms with Crippen LogP contribution in [0.15, 0.2) is 54.6 Å². The number of quaternary nitrogens is 1. The number of amides is 3. The van der Waals surface area contributed by atoms with Crippen molar-refractivity contribution in [1.82, 2.24) is 14.3 Å². The molecule has 3 amide bonds. The second kappa shape index (κ2) is 10.1. The quantitative estimate of drug-likeness (QED) is 0.595. The Morgan fingerprint density at radius 2 is 1.62 bits per heavy atom. The molecule has 2 fully saturated rings. The SMILES string of the molecule is CC1CCC(N2CCN(C(=O)Nc3ccc(C(F)(F)F)cc3)CC2)C(C)(N)C(=O)[N+]1(C)c1ccccc1. The minimum absolute atomic E-state index is 0.0313. The number of urea groups is 1. The number of carbonyl (C=O) groups excluding carboxylic acids is 2. The van der Waals surface area contributed by atoms with Crippen LogP contribution in [-0.4, -0.2) is 72.6 Å². The number of nitrogens with zero attached hydrogens (tertiary/aromatic N) is 3. The molecule has 10 heteroatoms. The van der Waals surface area contributed by atoms with Gasteiger partial charge in [0, 0.05) is 44.3 Å². The average molecular weight is 519 g/mol. The van der Waals surface area contributed by atoms with Crippen molar-refractivity contribution in [3.8, 4) is 0 Å². The number of rotatable bonds is 3. The van der Waals surface area contributed by atoms with Crippen LogP contribution in [0.25, 0.3) is 0 Å². The van der Waals surface area contributed by atoms with Gasteiger partial charge >= 0.3 is 18.1 Å². The number of benzene rings is 2. The first-order valence-corrected chi connectivity index (χ1v) is 12.6. The third-order valence-electron chi connectivity index (χ3n) is 8.11. The van der Waals surface area contributed by atoms with Gasteiger partial charge in [0.15, 0.2) is 0 Å². The summed E-state index contributed by atoms with van der Waals surface area (Å²) >= 11 is 0. The van der Waals surface area contributed by atoms with Crippen molar-refractivity contribution < 1.29 is 22.8 Å². The molecule has 0 radical (unpaired) electrons. The van der Waals surface area contributed by atoms with E-state index in [0.29, 0.717) is 31.9 Å². The van der Waals surface area contributed by atoms with Crippen molar-refractivity contribution in [2.75, 3.05) is 38.5 Å². The van der Waals surface area contributed by atoms with Gasteiger partial charge in [-0.25, -0.2) is 14.1 Å². The van der Waals surface area contributed by atoms with Gasteiger partial charge < -0.3 is 16.0 Å². The minimum atomic E-state index is -4.43. The Kier molecular flexibility index (Phi) is 7.38. The summed E-state index contributed by atoms with van der Waals surface area (Å²) in [5.74, 6) is -0.0313. The molecule has 2 saturated heterocycles. The molecule has 0 aromatic heterocycles. The molecule has 0 spiro atoms. The molecule has 0 aliphatic carbocycles. The second-order valence-corrected chi connectivity index (χ2v) is 10.5. The maximum absolute atomic E-state index is 14.0. The lowest BCUT2D eigenvalue weighted by molar-refractivity contribution is -0.138. The Bertz CT molecular complexity index is 1120. The van der Waals surface area contributed by atoms with Gasteiger partial charge in [0.25, 0.3) is 0 Å². The number of carbonyl (C=O) groups is 2. The second-order valence-electron chi connectivity index (χ2n) is 10.5. The Balaban J connectivity index is 1.42. The van der Waals surface area contributed by atoms with Gasteiger partial charge in [-0.05, 0) is 56.7 Å². The van der Waals surface area contributed by atoms with E-state index in [1.54, 1.807) is 4.90 Å². The minimum Gasteiger partial charge on any atom is -0.322 e. The van der Waals surface area contributed by atoms with Crippen LogP contribution in [0.2, 0.25) is 0 Å². The van der Waals surface area contributed by atoms with Gasteiger partial charge in [-0.15, -0.1) is 0 Å². The lowest BCUT2D eigenvalue weighted by Crippen LogP contribution is -2.71. The Hall–Kier alpha value is -2.95. The third kappa shape index (κ3) is 5.23. The molecule has 2 heterocycles. The lowest BCUT2D eigenvalue weighted by Gasteiger charge is -2.45. The summed E-state index contributed by atoms with van der Waals surface area (Å²) in [6.45, 7) is 5.86. The number of alkyl halides is 3. The molecule has 2 aromatic rings. The molecule has 2 aliphatic heterocycles. The van der Waals surface area contributed by atoms with Crippen LogP contribution in [0.3, 0.4) is 0 Å². The van der Waals surface area contributed by atoms with Crippen molar-refractivity contribution in [1.29, 1.82) is 0 Å². The zero-order valence-corrected chi connectivity index (χ0v) is 21.5. The summed E-state index contributed by atoms with van der Waals surface area (Å²) in [7, 11) is 1.94. The Morgan fingerprint density at radius 3 is 2.19 bits per heavy atom. The predicted molar refractivity (Wildman–Crippen MR) is 138 cm³/mol. The molecule has 4 atom stereocenters. The summed E-state index contributed by atoms with van der Waals surface area (Å²) in [4.78, 5) is 30.6. The normalized spacial score (nSPS) is 29.6. The first kappa shape index (κ1) is 27.1. The molecule has 200 valence electrons. The average Bonchev–Trinajstić information content (AvgIpc) is 2.94. The fourth-order valence-electron chi connectivity index (χ4n) is 5.65. The zero-order valence-electron chi connectivity index (χ0n) is 21.5. The van der Waals surface area contributed by atoms with E-state index in [-0.39, 0.29) is 28.5 Å². The van der Waals surface area contributed by atoms with E-state index in [1.807, 2.05) is 44.3 Å². The van der Waals surface area contributed by atoms with Crippen molar-refractivity contribution >= 4 is 23.3 Å². The number of hydrogen-bond donors (Lipinski definition) is 2. The molecule has 2 aliphatic rings. The molecular weight excluding hydrogens is 483 g/mol. The van der Waals surface area contributed by atoms with Crippen LogP contribution in [0.5, 0.6) is 0 Å². The number of hydrogen-bond acceptors (Lipinski definition) is 4. The maximum Gasteiger partial charge on any atom is 0.416 e. The molecule has 3 N–H and O–H groups in total. The van der Waals surface area contributed by atoms with Crippen LogP contribution in [0.4, 0.5) is 29.3 Å². The van der Waals surface area contributed by atoms with Crippen molar-refractivity contribution in [2.24, 2.45) is 5.73 Å². The van der Waals surface area contributed by atoms with Gasteiger partial charge in [-0.3, -0.25) is 4.90 Å². The number of piperazine rings is 1. The van der Waals surface area contributed by atoms with Crippen LogP contribution in [0.1, 0.15) is 32.3 Å². The molecular formula is C27H35F3N5O2+. The van der Waals surface area contributed by atoms with Gasteiger partial charge in [0.2, 0.25) is 0 Å². The van der Waals surface area contributed by atoms with E-state index in [1.165, 1.54) is 12.1 Å². The van der Waals surface area contributed by atoms with E-state index < -0.39 is 17.3 Å². The van der Waals surface area contributed by atoms with Crippen molar-refractivity contribution in [3.05, 3.63) is 60.2 Å². The van der Waals surface area contributed by atoms with Gasteiger partial charge in [0.05, 0.1) is 18.7 Å². The molecule has 4 unspecified atom stereocenters. The number of likely N-dealkylation sites (N-methyl/N-ethyl adjacent to an activating group) is 1. The lowest BCUT2D eigenvalue weighted by atomic mass is 9.87. The van der Waals surface area contributed by atoms with Gasteiger partial charge in [0.1, 0.15) is 11.2 Å². The summed E-state index contributed by atoms with van der Waals surface area (Å²) in [5.41, 5.74) is 6.19. The first-order valence-electron chi connectivity index (χ1n) is 12.6. The van der Waals surface area contributed by atoms with Gasteiger partial charge in [-0.2, -0.15) is 13.2 Å². The largest absolute Gasteiger partial charge is 0.416 e. The number of anilines is 1. The number of para-hydroxylation sites is 1. The number of likely N-dealkylation sites (tertiary alicyclic amines) is 1. The maximum atomic E-state index is 14.0. The van der Waals surface area contributed by atoms with Crippen LogP contribution in [-0.2, 0) is 11.0 Å². The third-order valence-corrected chi connectivity index (χ3v) is 8.11. The fraction of sp³-hybridized carbons (Fsp3) is 0.481.